The second-order valence-electron chi connectivity index (χ2n) is 7.86. The van der Waals surface area contributed by atoms with Crippen molar-refractivity contribution in [2.45, 2.75) is 24.4 Å². The van der Waals surface area contributed by atoms with Crippen molar-refractivity contribution < 1.29 is 32.6 Å². The van der Waals surface area contributed by atoms with Gasteiger partial charge in [-0.05, 0) is 60.5 Å². The zero-order valence-electron chi connectivity index (χ0n) is 18.1. The average Bonchev–Trinajstić information content (AvgIpc) is 2.99. The van der Waals surface area contributed by atoms with Crippen molar-refractivity contribution in [3.63, 3.8) is 0 Å². The van der Waals surface area contributed by atoms with Crippen LogP contribution in [0.2, 0.25) is 0 Å². The number of phenolic OH excluding ortho intramolecular Hbond substituents is 1. The molecule has 3 aromatic carbocycles. The van der Waals surface area contributed by atoms with Gasteiger partial charge in [0, 0.05) is 17.8 Å². The van der Waals surface area contributed by atoms with Crippen LogP contribution in [0.1, 0.15) is 21.5 Å². The van der Waals surface area contributed by atoms with Crippen LogP contribution in [0.15, 0.2) is 71.6 Å². The molecule has 0 radical (unpaired) electrons. The van der Waals surface area contributed by atoms with Gasteiger partial charge < -0.3 is 15.1 Å². The quantitative estimate of drug-likeness (QED) is 0.588. The molecular weight excluding hydrogens is 463 g/mol. The maximum Gasteiger partial charge on any atom is 0.323 e. The summed E-state index contributed by atoms with van der Waals surface area (Å²) in [7, 11) is -4.32. The first-order valence-electron chi connectivity index (χ1n) is 10.3. The number of carboxylic acids is 1. The largest absolute Gasteiger partial charge is 0.508 e. The Hall–Kier alpha value is -3.76. The minimum Gasteiger partial charge on any atom is -0.508 e. The highest BCUT2D eigenvalue weighted by molar-refractivity contribution is 7.89. The predicted octanol–water partition coefficient (Wildman–Crippen LogP) is 3.14. The summed E-state index contributed by atoms with van der Waals surface area (Å²) in [4.78, 5) is 26.8. The van der Waals surface area contributed by atoms with Crippen LogP contribution in [0.4, 0.5) is 10.1 Å². The normalized spacial score (nSPS) is 16.5. The van der Waals surface area contributed by atoms with Gasteiger partial charge in [-0.2, -0.15) is 4.31 Å². The number of hydrogen-bond acceptors (Lipinski definition) is 5. The van der Waals surface area contributed by atoms with Crippen LogP contribution in [0.3, 0.4) is 0 Å². The minimum atomic E-state index is -4.32. The Morgan fingerprint density at radius 1 is 1.00 bits per heavy atom. The van der Waals surface area contributed by atoms with Crippen molar-refractivity contribution in [3.8, 4) is 5.75 Å². The van der Waals surface area contributed by atoms with Crippen LogP contribution in [-0.2, 0) is 21.4 Å². The summed E-state index contributed by atoms with van der Waals surface area (Å²) in [5.74, 6) is -2.80. The lowest BCUT2D eigenvalue weighted by Gasteiger charge is -2.28. The lowest BCUT2D eigenvalue weighted by molar-refractivity contribution is -0.141. The Labute approximate surface area is 195 Å². The fraction of sp³-hybridized carbons (Fsp3) is 0.167. The number of carbonyl (C=O) groups is 2. The van der Waals surface area contributed by atoms with Crippen LogP contribution < -0.4 is 4.90 Å². The molecule has 0 aliphatic carbocycles. The highest BCUT2D eigenvalue weighted by Gasteiger charge is 2.41. The molecular formula is C24H21FN2O6S. The topological polar surface area (TPSA) is 115 Å². The van der Waals surface area contributed by atoms with Gasteiger partial charge in [0.1, 0.15) is 17.6 Å². The average molecular weight is 485 g/mol. The molecule has 0 bridgehead atoms. The third-order valence-electron chi connectivity index (χ3n) is 5.78. The van der Waals surface area contributed by atoms with E-state index in [0.717, 1.165) is 4.31 Å². The van der Waals surface area contributed by atoms with Crippen LogP contribution in [0, 0.1) is 12.7 Å². The SMILES string of the molecule is Cc1c(F)cccc1C(=O)N1CC(C(=O)O)N(S(=O)(=O)c2ccc(O)cc2)Cc2ccccc21. The molecule has 1 heterocycles. The van der Waals surface area contributed by atoms with Crippen molar-refractivity contribution in [3.05, 3.63) is 89.2 Å². The number of carboxylic acid groups (broad SMARTS) is 1. The fourth-order valence-electron chi connectivity index (χ4n) is 3.93. The number of aromatic hydroxyl groups is 1. The maximum absolute atomic E-state index is 14.2. The zero-order valence-corrected chi connectivity index (χ0v) is 18.9. The molecule has 0 saturated carbocycles. The number of para-hydroxylation sites is 1. The molecule has 4 rings (SSSR count). The van der Waals surface area contributed by atoms with Crippen LogP contribution in [0.5, 0.6) is 5.75 Å². The minimum absolute atomic E-state index is 0.0498. The molecule has 1 unspecified atom stereocenters. The molecule has 34 heavy (non-hydrogen) atoms. The number of amides is 1. The van der Waals surface area contributed by atoms with Gasteiger partial charge in [-0.25, -0.2) is 12.8 Å². The Morgan fingerprint density at radius 3 is 2.35 bits per heavy atom. The number of anilines is 1. The molecule has 2 N–H and O–H groups in total. The highest BCUT2D eigenvalue weighted by Crippen LogP contribution is 2.33. The predicted molar refractivity (Wildman–Crippen MR) is 122 cm³/mol. The van der Waals surface area contributed by atoms with Gasteiger partial charge in [0.2, 0.25) is 10.0 Å². The number of aliphatic carboxylic acids is 1. The van der Waals surface area contributed by atoms with Crippen LogP contribution in [0.25, 0.3) is 0 Å². The van der Waals surface area contributed by atoms with E-state index in [1.54, 1.807) is 24.3 Å². The summed E-state index contributed by atoms with van der Waals surface area (Å²) in [5.41, 5.74) is 0.908. The molecule has 176 valence electrons. The first-order valence-corrected chi connectivity index (χ1v) is 11.7. The highest BCUT2D eigenvalue weighted by atomic mass is 32.2. The van der Waals surface area contributed by atoms with E-state index in [-0.39, 0.29) is 28.3 Å². The van der Waals surface area contributed by atoms with E-state index in [4.69, 9.17) is 0 Å². The van der Waals surface area contributed by atoms with Gasteiger partial charge in [0.05, 0.1) is 11.4 Å². The van der Waals surface area contributed by atoms with E-state index in [1.807, 2.05) is 0 Å². The number of nitrogens with zero attached hydrogens (tertiary/aromatic N) is 2. The van der Waals surface area contributed by atoms with Crippen molar-refractivity contribution in [1.82, 2.24) is 4.31 Å². The number of carbonyl (C=O) groups excluding carboxylic acids is 1. The molecule has 1 atom stereocenters. The monoisotopic (exact) mass is 484 g/mol. The fourth-order valence-corrected chi connectivity index (χ4v) is 5.48. The van der Waals surface area contributed by atoms with E-state index in [9.17, 15) is 32.6 Å². The molecule has 3 aromatic rings. The summed E-state index contributed by atoms with van der Waals surface area (Å²) in [6, 6.07) is 13.7. The molecule has 8 nitrogen and oxygen atoms in total. The smallest absolute Gasteiger partial charge is 0.323 e. The van der Waals surface area contributed by atoms with Crippen molar-refractivity contribution in [2.75, 3.05) is 11.4 Å². The second kappa shape index (κ2) is 8.88. The van der Waals surface area contributed by atoms with Crippen LogP contribution in [-0.4, -0.2) is 47.4 Å². The van der Waals surface area contributed by atoms with Gasteiger partial charge in [-0.15, -0.1) is 0 Å². The van der Waals surface area contributed by atoms with Gasteiger partial charge in [-0.3, -0.25) is 9.59 Å². The summed E-state index contributed by atoms with van der Waals surface area (Å²) in [6.45, 7) is 0.656. The number of phenols is 1. The van der Waals surface area contributed by atoms with Crippen molar-refractivity contribution >= 4 is 27.6 Å². The Kier molecular flexibility index (Phi) is 6.11. The number of halogens is 1. The van der Waals surface area contributed by atoms with E-state index >= 15 is 0 Å². The first kappa shape index (κ1) is 23.4. The second-order valence-corrected chi connectivity index (χ2v) is 9.75. The third-order valence-corrected chi connectivity index (χ3v) is 7.65. The van der Waals surface area contributed by atoms with Gasteiger partial charge in [0.15, 0.2) is 0 Å². The summed E-state index contributed by atoms with van der Waals surface area (Å²) in [5, 5.41) is 19.5. The van der Waals surface area contributed by atoms with E-state index in [1.165, 1.54) is 54.3 Å². The molecule has 1 amide bonds. The summed E-state index contributed by atoms with van der Waals surface area (Å²) >= 11 is 0. The first-order chi connectivity index (χ1) is 16.1. The van der Waals surface area contributed by atoms with E-state index in [2.05, 4.69) is 0 Å². The van der Waals surface area contributed by atoms with E-state index < -0.39 is 40.3 Å². The number of hydrogen-bond donors (Lipinski definition) is 2. The zero-order chi connectivity index (χ0) is 24.6. The third kappa shape index (κ3) is 4.13. The number of sulfonamides is 1. The molecule has 10 heteroatoms. The van der Waals surface area contributed by atoms with Crippen LogP contribution >= 0.6 is 0 Å². The number of benzene rings is 3. The summed E-state index contributed by atoms with van der Waals surface area (Å²) < 4.78 is 41.9. The standard InChI is InChI=1S/C24H21FN2O6S/c1-15-19(6-4-7-20(15)25)23(29)26-14-22(24(30)31)27(13-16-5-2-3-8-21(16)26)34(32,33)18-11-9-17(28)10-12-18/h2-12,22,28H,13-14H2,1H3,(H,30,31). The Balaban J connectivity index is 1.85. The van der Waals surface area contributed by atoms with Gasteiger partial charge in [-0.1, -0.05) is 24.3 Å². The van der Waals surface area contributed by atoms with E-state index in [0.29, 0.717) is 11.3 Å². The van der Waals surface area contributed by atoms with Gasteiger partial charge in [0.25, 0.3) is 5.91 Å². The Bertz CT molecular complexity index is 1370. The number of rotatable bonds is 4. The molecule has 0 saturated heterocycles. The molecule has 0 spiro atoms. The molecule has 0 aromatic heterocycles. The Morgan fingerprint density at radius 2 is 1.68 bits per heavy atom. The molecule has 0 fully saturated rings. The lowest BCUT2D eigenvalue weighted by Crippen LogP contribution is -2.50. The number of fused-ring (bicyclic) bond motifs is 1. The van der Waals surface area contributed by atoms with Crippen molar-refractivity contribution in [2.24, 2.45) is 0 Å². The summed E-state index contributed by atoms with van der Waals surface area (Å²) in [6.07, 6.45) is 0. The molecule has 1 aliphatic rings. The van der Waals surface area contributed by atoms with Crippen molar-refractivity contribution in [1.29, 1.82) is 0 Å². The molecule has 1 aliphatic heterocycles. The van der Waals surface area contributed by atoms with Gasteiger partial charge >= 0.3 is 5.97 Å². The maximum atomic E-state index is 14.2. The lowest BCUT2D eigenvalue weighted by atomic mass is 10.1.